The maximum atomic E-state index is 12.4. The second kappa shape index (κ2) is 6.66. The van der Waals surface area contributed by atoms with Crippen molar-refractivity contribution in [2.75, 3.05) is 24.3 Å². The molecule has 2 rings (SSSR count). The van der Waals surface area contributed by atoms with Crippen molar-refractivity contribution >= 4 is 27.7 Å². The first-order valence-corrected chi connectivity index (χ1v) is 8.36. The number of aromatic nitrogens is 1. The third kappa shape index (κ3) is 4.11. The van der Waals surface area contributed by atoms with Crippen molar-refractivity contribution < 1.29 is 17.9 Å². The van der Waals surface area contributed by atoms with Crippen LogP contribution in [-0.2, 0) is 10.9 Å². The van der Waals surface area contributed by atoms with E-state index in [1.54, 1.807) is 0 Å². The summed E-state index contributed by atoms with van der Waals surface area (Å²) >= 11 is 5.05. The van der Waals surface area contributed by atoms with Gasteiger partial charge >= 0.3 is 6.18 Å². The molecule has 20 heavy (non-hydrogen) atoms. The van der Waals surface area contributed by atoms with Gasteiger partial charge in [-0.3, -0.25) is 0 Å². The summed E-state index contributed by atoms with van der Waals surface area (Å²) in [5.74, 6) is 0.833. The molecule has 1 aromatic heterocycles. The zero-order chi connectivity index (χ0) is 14.6. The molecule has 1 aromatic rings. The molecular formula is C13H15BrF3NOS. The van der Waals surface area contributed by atoms with Gasteiger partial charge in [0.05, 0.1) is 10.6 Å². The van der Waals surface area contributed by atoms with Crippen LogP contribution in [0.25, 0.3) is 0 Å². The van der Waals surface area contributed by atoms with Crippen LogP contribution in [0.4, 0.5) is 13.2 Å². The van der Waals surface area contributed by atoms with Gasteiger partial charge in [-0.15, -0.1) is 11.8 Å². The summed E-state index contributed by atoms with van der Waals surface area (Å²) in [4.78, 5) is 3.89. The van der Waals surface area contributed by atoms with Crippen LogP contribution >= 0.6 is 27.7 Å². The van der Waals surface area contributed by atoms with Crippen LogP contribution < -0.4 is 0 Å². The fraction of sp³-hybridized carbons (Fsp3) is 0.615. The van der Waals surface area contributed by atoms with Gasteiger partial charge in [0.1, 0.15) is 0 Å². The van der Waals surface area contributed by atoms with Crippen LogP contribution in [0.15, 0.2) is 23.4 Å². The van der Waals surface area contributed by atoms with E-state index in [0.717, 1.165) is 49.4 Å². The van der Waals surface area contributed by atoms with Gasteiger partial charge in [-0.25, -0.2) is 4.98 Å². The first-order valence-electron chi connectivity index (χ1n) is 6.25. The predicted molar refractivity (Wildman–Crippen MR) is 76.2 cm³/mol. The van der Waals surface area contributed by atoms with Gasteiger partial charge in [-0.1, -0.05) is 15.9 Å². The standard InChI is InChI=1S/C13H15BrF3NOS/c14-8-12(3-5-19-6-4-12)9-20-11-2-1-10(7-18-11)13(15,16)17/h1-2,7H,3-6,8-9H2. The Bertz CT molecular complexity index is 432. The van der Waals surface area contributed by atoms with Crippen LogP contribution in [0.3, 0.4) is 0 Å². The highest BCUT2D eigenvalue weighted by atomic mass is 79.9. The molecule has 0 atom stereocenters. The molecule has 112 valence electrons. The average molecular weight is 370 g/mol. The van der Waals surface area contributed by atoms with Crippen LogP contribution in [0, 0.1) is 5.41 Å². The SMILES string of the molecule is FC(F)(F)c1ccc(SCC2(CBr)CCOCC2)nc1. The average Bonchev–Trinajstić information content (AvgIpc) is 2.46. The lowest BCUT2D eigenvalue weighted by atomic mass is 9.85. The maximum Gasteiger partial charge on any atom is 0.417 e. The summed E-state index contributed by atoms with van der Waals surface area (Å²) in [6, 6.07) is 2.52. The summed E-state index contributed by atoms with van der Waals surface area (Å²) in [5.41, 5.74) is -0.559. The molecule has 0 aromatic carbocycles. The normalized spacial score (nSPS) is 19.0. The van der Waals surface area contributed by atoms with Crippen molar-refractivity contribution in [1.29, 1.82) is 0 Å². The molecule has 0 unspecified atom stereocenters. The number of pyridine rings is 1. The van der Waals surface area contributed by atoms with Gasteiger partial charge < -0.3 is 4.74 Å². The largest absolute Gasteiger partial charge is 0.417 e. The first-order chi connectivity index (χ1) is 9.45. The summed E-state index contributed by atoms with van der Waals surface area (Å²) < 4.78 is 42.7. The number of rotatable bonds is 4. The van der Waals surface area contributed by atoms with Crippen molar-refractivity contribution in [3.8, 4) is 0 Å². The highest BCUT2D eigenvalue weighted by Gasteiger charge is 2.32. The number of alkyl halides is 4. The van der Waals surface area contributed by atoms with Crippen molar-refractivity contribution in [1.82, 2.24) is 4.98 Å². The van der Waals surface area contributed by atoms with E-state index in [2.05, 4.69) is 20.9 Å². The van der Waals surface area contributed by atoms with E-state index >= 15 is 0 Å². The molecule has 0 aliphatic carbocycles. The second-order valence-corrected chi connectivity index (χ2v) is 6.47. The van der Waals surface area contributed by atoms with E-state index in [-0.39, 0.29) is 5.41 Å². The number of nitrogens with zero attached hydrogens (tertiary/aromatic N) is 1. The Labute approximate surface area is 128 Å². The molecular weight excluding hydrogens is 355 g/mol. The highest BCUT2D eigenvalue weighted by molar-refractivity contribution is 9.09. The predicted octanol–water partition coefficient (Wildman–Crippen LogP) is 4.38. The third-order valence-electron chi connectivity index (χ3n) is 3.43. The molecule has 7 heteroatoms. The molecule has 0 saturated carbocycles. The Morgan fingerprint density at radius 1 is 1.30 bits per heavy atom. The highest BCUT2D eigenvalue weighted by Crippen LogP contribution is 2.38. The van der Waals surface area contributed by atoms with Crippen LogP contribution in [0.5, 0.6) is 0 Å². The summed E-state index contributed by atoms with van der Waals surface area (Å²) in [5, 5.41) is 1.50. The lowest BCUT2D eigenvalue weighted by Crippen LogP contribution is -2.33. The van der Waals surface area contributed by atoms with Gasteiger partial charge in [0.15, 0.2) is 0 Å². The van der Waals surface area contributed by atoms with E-state index in [1.807, 2.05) is 0 Å². The number of ether oxygens (including phenoxy) is 1. The quantitative estimate of drug-likeness (QED) is 0.580. The lowest BCUT2D eigenvalue weighted by Gasteiger charge is -2.35. The van der Waals surface area contributed by atoms with Gasteiger partial charge in [-0.05, 0) is 30.4 Å². The molecule has 1 aliphatic rings. The Morgan fingerprint density at radius 2 is 2.00 bits per heavy atom. The molecule has 0 spiro atoms. The zero-order valence-electron chi connectivity index (χ0n) is 10.8. The monoisotopic (exact) mass is 369 g/mol. The van der Waals surface area contributed by atoms with Gasteiger partial charge in [-0.2, -0.15) is 13.2 Å². The molecule has 1 saturated heterocycles. The van der Waals surface area contributed by atoms with Crippen molar-refractivity contribution in [2.24, 2.45) is 5.41 Å². The lowest BCUT2D eigenvalue weighted by molar-refractivity contribution is -0.137. The molecule has 2 nitrogen and oxygen atoms in total. The molecule has 2 heterocycles. The minimum Gasteiger partial charge on any atom is -0.381 e. The molecule has 0 radical (unpaired) electrons. The Morgan fingerprint density at radius 3 is 2.50 bits per heavy atom. The van der Waals surface area contributed by atoms with E-state index in [1.165, 1.54) is 17.8 Å². The molecule has 0 bridgehead atoms. The second-order valence-electron chi connectivity index (χ2n) is 4.92. The minimum atomic E-state index is -4.33. The fourth-order valence-corrected chi connectivity index (χ4v) is 4.14. The van der Waals surface area contributed by atoms with Crippen molar-refractivity contribution in [3.63, 3.8) is 0 Å². The summed E-state index contributed by atoms with van der Waals surface area (Å²) in [7, 11) is 0. The minimum absolute atomic E-state index is 0.146. The van der Waals surface area contributed by atoms with Crippen LogP contribution in [0.1, 0.15) is 18.4 Å². The number of halogens is 4. The maximum absolute atomic E-state index is 12.4. The molecule has 0 N–H and O–H groups in total. The van der Waals surface area contributed by atoms with Crippen molar-refractivity contribution in [3.05, 3.63) is 23.9 Å². The van der Waals surface area contributed by atoms with Gasteiger partial charge in [0.25, 0.3) is 0 Å². The van der Waals surface area contributed by atoms with Crippen LogP contribution in [-0.4, -0.2) is 29.3 Å². The van der Waals surface area contributed by atoms with E-state index in [0.29, 0.717) is 5.03 Å². The van der Waals surface area contributed by atoms with Crippen LogP contribution in [0.2, 0.25) is 0 Å². The molecule has 0 amide bonds. The number of hydrogen-bond donors (Lipinski definition) is 0. The fourth-order valence-electron chi connectivity index (χ4n) is 1.98. The molecule has 1 fully saturated rings. The Hall–Kier alpha value is -0.270. The van der Waals surface area contributed by atoms with Gasteiger partial charge in [0, 0.05) is 30.5 Å². The summed E-state index contributed by atoms with van der Waals surface area (Å²) in [6.07, 6.45) is -1.50. The smallest absolute Gasteiger partial charge is 0.381 e. The molecule has 1 aliphatic heterocycles. The third-order valence-corrected chi connectivity index (χ3v) is 5.91. The van der Waals surface area contributed by atoms with E-state index in [4.69, 9.17) is 4.74 Å². The number of hydrogen-bond acceptors (Lipinski definition) is 3. The Balaban J connectivity index is 1.96. The zero-order valence-corrected chi connectivity index (χ0v) is 13.2. The first kappa shape index (κ1) is 16.1. The van der Waals surface area contributed by atoms with E-state index in [9.17, 15) is 13.2 Å². The van der Waals surface area contributed by atoms with E-state index < -0.39 is 11.7 Å². The van der Waals surface area contributed by atoms with Gasteiger partial charge in [0.2, 0.25) is 0 Å². The Kier molecular flexibility index (Phi) is 5.36. The topological polar surface area (TPSA) is 22.1 Å². The van der Waals surface area contributed by atoms with Crippen molar-refractivity contribution in [2.45, 2.75) is 24.0 Å². The summed E-state index contributed by atoms with van der Waals surface area (Å²) in [6.45, 7) is 1.49. The number of thioether (sulfide) groups is 1.